The van der Waals surface area contributed by atoms with Crippen molar-refractivity contribution in [1.82, 2.24) is 10.2 Å². The Bertz CT molecular complexity index is 1010. The molecule has 0 saturated carbocycles. The number of nitrogens with one attached hydrogen (secondary N) is 2. The van der Waals surface area contributed by atoms with Gasteiger partial charge in [0, 0.05) is 13.1 Å². The van der Waals surface area contributed by atoms with Gasteiger partial charge in [0.25, 0.3) is 5.91 Å². The van der Waals surface area contributed by atoms with Crippen molar-refractivity contribution in [2.45, 2.75) is 25.4 Å². The Morgan fingerprint density at radius 2 is 1.72 bits per heavy atom. The molecular formula is C23H25FN4O4. The number of rotatable bonds is 4. The number of imide groups is 1. The molecule has 8 nitrogen and oxygen atoms in total. The number of ether oxygens (including phenoxy) is 1. The third-order valence-electron chi connectivity index (χ3n) is 5.51. The summed E-state index contributed by atoms with van der Waals surface area (Å²) in [4.78, 5) is 41.2. The van der Waals surface area contributed by atoms with Crippen LogP contribution >= 0.6 is 0 Å². The Labute approximate surface area is 185 Å². The Morgan fingerprint density at radius 1 is 1.00 bits per heavy atom. The molecule has 0 radical (unpaired) electrons. The zero-order valence-electron chi connectivity index (χ0n) is 17.6. The minimum absolute atomic E-state index is 0.0262. The topological polar surface area (TPSA) is 91.0 Å². The number of anilines is 2. The van der Waals surface area contributed by atoms with Gasteiger partial charge in [-0.25, -0.2) is 9.18 Å². The predicted molar refractivity (Wildman–Crippen MR) is 117 cm³/mol. The average molecular weight is 440 g/mol. The van der Waals surface area contributed by atoms with Gasteiger partial charge in [-0.1, -0.05) is 24.3 Å². The lowest BCUT2D eigenvalue weighted by molar-refractivity contribution is -0.139. The number of fused-ring (bicyclic) bond motifs is 1. The molecule has 1 atom stereocenters. The molecule has 9 heteroatoms. The summed E-state index contributed by atoms with van der Waals surface area (Å²) in [6, 6.07) is 12.0. The molecule has 4 rings (SSSR count). The second-order valence-electron chi connectivity index (χ2n) is 7.82. The van der Waals surface area contributed by atoms with E-state index < -0.39 is 23.9 Å². The van der Waals surface area contributed by atoms with Crippen LogP contribution in [0, 0.1) is 5.82 Å². The van der Waals surface area contributed by atoms with E-state index in [-0.39, 0.29) is 24.7 Å². The van der Waals surface area contributed by atoms with Crippen LogP contribution in [0.25, 0.3) is 0 Å². The number of halogens is 1. The Morgan fingerprint density at radius 3 is 2.50 bits per heavy atom. The number of urea groups is 1. The molecule has 0 bridgehead atoms. The van der Waals surface area contributed by atoms with Crippen LogP contribution in [0.1, 0.15) is 19.3 Å². The summed E-state index contributed by atoms with van der Waals surface area (Å²) in [6.45, 7) is 1.44. The maximum absolute atomic E-state index is 13.7. The van der Waals surface area contributed by atoms with Crippen molar-refractivity contribution in [2.24, 2.45) is 0 Å². The van der Waals surface area contributed by atoms with Gasteiger partial charge in [-0.3, -0.25) is 14.9 Å². The van der Waals surface area contributed by atoms with Crippen LogP contribution in [0.15, 0.2) is 48.5 Å². The second-order valence-corrected chi connectivity index (χ2v) is 7.82. The number of amides is 4. The second kappa shape index (κ2) is 9.67. The minimum atomic E-state index is -0.831. The Balaban J connectivity index is 1.42. The van der Waals surface area contributed by atoms with Crippen molar-refractivity contribution in [2.75, 3.05) is 36.4 Å². The quantitative estimate of drug-likeness (QED) is 0.763. The van der Waals surface area contributed by atoms with Gasteiger partial charge in [-0.15, -0.1) is 0 Å². The monoisotopic (exact) mass is 440 g/mol. The number of carbonyl (C=O) groups excluding carboxylic acids is 3. The highest BCUT2D eigenvalue weighted by atomic mass is 19.1. The lowest BCUT2D eigenvalue weighted by Crippen LogP contribution is -2.53. The molecule has 2 N–H and O–H groups in total. The number of carbonyl (C=O) groups is 3. The van der Waals surface area contributed by atoms with Crippen molar-refractivity contribution in [1.29, 1.82) is 0 Å². The average Bonchev–Trinajstić information content (AvgIpc) is 2.80. The lowest BCUT2D eigenvalue weighted by atomic mass is 10.1. The molecule has 2 aliphatic rings. The first-order chi connectivity index (χ1) is 15.5. The van der Waals surface area contributed by atoms with Crippen LogP contribution in [0.2, 0.25) is 0 Å². The van der Waals surface area contributed by atoms with E-state index in [9.17, 15) is 18.8 Å². The van der Waals surface area contributed by atoms with Gasteiger partial charge in [-0.05, 0) is 43.5 Å². The first-order valence-corrected chi connectivity index (χ1v) is 10.7. The SMILES string of the molecule is O=C(CN1CC(C(=O)N2CCCCC2)Oc2ccccc21)NC(=O)Nc1ccccc1F. The van der Waals surface area contributed by atoms with Crippen molar-refractivity contribution in [3.63, 3.8) is 0 Å². The maximum Gasteiger partial charge on any atom is 0.326 e. The number of hydrogen-bond acceptors (Lipinski definition) is 5. The normalized spacial score (nSPS) is 17.7. The fourth-order valence-corrected chi connectivity index (χ4v) is 3.96. The van der Waals surface area contributed by atoms with Crippen LogP contribution in [0.4, 0.5) is 20.6 Å². The van der Waals surface area contributed by atoms with E-state index in [0.29, 0.717) is 24.5 Å². The van der Waals surface area contributed by atoms with Crippen LogP contribution in [0.3, 0.4) is 0 Å². The van der Waals surface area contributed by atoms with E-state index >= 15 is 0 Å². The summed E-state index contributed by atoms with van der Waals surface area (Å²) in [5, 5.41) is 4.53. The number of benzene rings is 2. The number of nitrogens with zero attached hydrogens (tertiary/aromatic N) is 2. The van der Waals surface area contributed by atoms with E-state index in [0.717, 1.165) is 19.3 Å². The van der Waals surface area contributed by atoms with Gasteiger partial charge in [0.15, 0.2) is 6.10 Å². The summed E-state index contributed by atoms with van der Waals surface area (Å²) in [5.74, 6) is -0.768. The van der Waals surface area contributed by atoms with Gasteiger partial charge in [-0.2, -0.15) is 0 Å². The highest BCUT2D eigenvalue weighted by Gasteiger charge is 2.34. The summed E-state index contributed by atoms with van der Waals surface area (Å²) in [7, 11) is 0. The van der Waals surface area contributed by atoms with E-state index in [1.165, 1.54) is 18.2 Å². The molecule has 168 valence electrons. The third-order valence-corrected chi connectivity index (χ3v) is 5.51. The molecule has 2 aliphatic heterocycles. The highest BCUT2D eigenvalue weighted by Crippen LogP contribution is 2.33. The standard InChI is InChI=1S/C23H25FN4O4/c24-16-8-2-3-9-17(16)25-23(31)26-21(29)15-28-14-20(22(30)27-12-6-1-7-13-27)32-19-11-5-4-10-18(19)28/h2-5,8-11,20H,1,6-7,12-15H2,(H2,25,26,29,31). The molecule has 1 fully saturated rings. The van der Waals surface area contributed by atoms with Gasteiger partial charge in [0.1, 0.15) is 11.6 Å². The fourth-order valence-electron chi connectivity index (χ4n) is 3.96. The van der Waals surface area contributed by atoms with Gasteiger partial charge >= 0.3 is 6.03 Å². The molecule has 0 aliphatic carbocycles. The zero-order valence-corrected chi connectivity index (χ0v) is 17.6. The molecule has 0 spiro atoms. The highest BCUT2D eigenvalue weighted by molar-refractivity contribution is 6.02. The number of para-hydroxylation sites is 3. The number of hydrogen-bond donors (Lipinski definition) is 2. The molecule has 0 aromatic heterocycles. The van der Waals surface area contributed by atoms with Crippen LogP contribution in [-0.4, -0.2) is 55.0 Å². The molecule has 2 aromatic rings. The molecule has 4 amide bonds. The Kier molecular flexibility index (Phi) is 6.53. The number of piperidine rings is 1. The lowest BCUT2D eigenvalue weighted by Gasteiger charge is -2.38. The largest absolute Gasteiger partial charge is 0.477 e. The molecule has 32 heavy (non-hydrogen) atoms. The number of likely N-dealkylation sites (tertiary alicyclic amines) is 1. The first kappa shape index (κ1) is 21.6. The van der Waals surface area contributed by atoms with Crippen LogP contribution in [0.5, 0.6) is 5.75 Å². The van der Waals surface area contributed by atoms with E-state index in [1.54, 1.807) is 29.2 Å². The molecular weight excluding hydrogens is 415 g/mol. The molecule has 1 unspecified atom stereocenters. The van der Waals surface area contributed by atoms with Crippen molar-refractivity contribution < 1.29 is 23.5 Å². The molecule has 2 heterocycles. The maximum atomic E-state index is 13.7. The summed E-state index contributed by atoms with van der Waals surface area (Å²) >= 11 is 0. The Hall–Kier alpha value is -3.62. The first-order valence-electron chi connectivity index (χ1n) is 10.7. The summed E-state index contributed by atoms with van der Waals surface area (Å²) in [5.41, 5.74) is 0.640. The van der Waals surface area contributed by atoms with E-state index in [4.69, 9.17) is 4.74 Å². The van der Waals surface area contributed by atoms with E-state index in [1.807, 2.05) is 11.0 Å². The predicted octanol–water partition coefficient (Wildman–Crippen LogP) is 2.75. The van der Waals surface area contributed by atoms with Crippen molar-refractivity contribution in [3.8, 4) is 5.75 Å². The zero-order chi connectivity index (χ0) is 22.5. The van der Waals surface area contributed by atoms with Crippen LogP contribution in [-0.2, 0) is 9.59 Å². The van der Waals surface area contributed by atoms with Gasteiger partial charge in [0.2, 0.25) is 5.91 Å². The fraction of sp³-hybridized carbons (Fsp3) is 0.348. The minimum Gasteiger partial charge on any atom is -0.477 e. The van der Waals surface area contributed by atoms with Crippen LogP contribution < -0.4 is 20.3 Å². The van der Waals surface area contributed by atoms with Crippen molar-refractivity contribution >= 4 is 29.2 Å². The summed E-state index contributed by atoms with van der Waals surface area (Å²) < 4.78 is 19.7. The van der Waals surface area contributed by atoms with E-state index in [2.05, 4.69) is 10.6 Å². The third kappa shape index (κ3) is 4.99. The van der Waals surface area contributed by atoms with Gasteiger partial charge < -0.3 is 19.9 Å². The molecule has 1 saturated heterocycles. The smallest absolute Gasteiger partial charge is 0.326 e. The van der Waals surface area contributed by atoms with Crippen molar-refractivity contribution in [3.05, 3.63) is 54.3 Å². The summed E-state index contributed by atoms with van der Waals surface area (Å²) in [6.07, 6.45) is 2.32. The van der Waals surface area contributed by atoms with Gasteiger partial charge in [0.05, 0.1) is 24.5 Å². The molecule has 2 aromatic carbocycles.